The molecule has 0 saturated heterocycles. The summed E-state index contributed by atoms with van der Waals surface area (Å²) in [5.41, 5.74) is 10.0. The third kappa shape index (κ3) is 4.36. The summed E-state index contributed by atoms with van der Waals surface area (Å²) in [5.74, 6) is 0.176. The second-order valence-corrected chi connectivity index (χ2v) is 7.70. The number of nitrogens with two attached hydrogens (primary N) is 1. The van der Waals surface area contributed by atoms with Crippen LogP contribution in [0.2, 0.25) is 0 Å². The van der Waals surface area contributed by atoms with E-state index in [1.807, 2.05) is 43.3 Å². The molecule has 0 saturated carbocycles. The van der Waals surface area contributed by atoms with Crippen LogP contribution in [-0.2, 0) is 6.54 Å². The van der Waals surface area contributed by atoms with Crippen LogP contribution in [0.4, 0.5) is 5.82 Å². The first-order chi connectivity index (χ1) is 17.0. The van der Waals surface area contributed by atoms with Gasteiger partial charge in [0.05, 0.1) is 31.1 Å². The van der Waals surface area contributed by atoms with Crippen molar-refractivity contribution in [3.63, 3.8) is 0 Å². The molecular formula is C25H21N7O3. The number of anilines is 1. The molecule has 5 rings (SSSR count). The number of fused-ring (bicyclic) bond motifs is 1. The van der Waals surface area contributed by atoms with Gasteiger partial charge in [-0.2, -0.15) is 0 Å². The summed E-state index contributed by atoms with van der Waals surface area (Å²) in [4.78, 5) is 35.1. The Bertz CT molecular complexity index is 1530. The molecule has 35 heavy (non-hydrogen) atoms. The third-order valence-corrected chi connectivity index (χ3v) is 5.45. The van der Waals surface area contributed by atoms with E-state index in [0.29, 0.717) is 28.5 Å². The first kappa shape index (κ1) is 22.0. The number of rotatable bonds is 6. The van der Waals surface area contributed by atoms with Gasteiger partial charge in [0.25, 0.3) is 5.91 Å². The van der Waals surface area contributed by atoms with Gasteiger partial charge in [0, 0.05) is 23.2 Å². The number of nitrogens with one attached hydrogen (secondary N) is 1. The highest BCUT2D eigenvalue weighted by Gasteiger charge is 2.22. The first-order valence-corrected chi connectivity index (χ1v) is 10.7. The molecule has 3 N–H and O–H groups in total. The topological polar surface area (TPSA) is 142 Å². The molecule has 1 amide bonds. The molecule has 0 aliphatic carbocycles. The number of carbonyl (C=O) groups excluding carboxylic acids is 1. The number of hydrogen-bond donors (Lipinski definition) is 2. The normalized spacial score (nSPS) is 10.9. The first-order valence-electron chi connectivity index (χ1n) is 10.7. The minimum Gasteiger partial charge on any atom is -0.481 e. The van der Waals surface area contributed by atoms with Crippen molar-refractivity contribution in [2.75, 3.05) is 12.8 Å². The Morgan fingerprint density at radius 1 is 1.06 bits per heavy atom. The zero-order chi connectivity index (χ0) is 24.4. The molecule has 0 aliphatic heterocycles. The number of oxazole rings is 1. The van der Waals surface area contributed by atoms with Crippen LogP contribution in [0.5, 0.6) is 5.88 Å². The van der Waals surface area contributed by atoms with Gasteiger partial charge in [0.15, 0.2) is 17.2 Å². The van der Waals surface area contributed by atoms with Crippen LogP contribution in [0, 0.1) is 6.92 Å². The zero-order valence-corrected chi connectivity index (χ0v) is 19.0. The van der Waals surface area contributed by atoms with E-state index in [0.717, 1.165) is 16.5 Å². The van der Waals surface area contributed by atoms with Crippen LogP contribution in [0.1, 0.15) is 21.7 Å². The molecule has 0 spiro atoms. The van der Waals surface area contributed by atoms with Crippen LogP contribution in [-0.4, -0.2) is 37.9 Å². The average molecular weight is 467 g/mol. The lowest BCUT2D eigenvalue weighted by Gasteiger charge is -2.12. The molecule has 0 unspecified atom stereocenters. The number of pyridine rings is 2. The number of carbonyl (C=O) groups is 1. The minimum absolute atomic E-state index is 0.0119. The number of amides is 1. The lowest BCUT2D eigenvalue weighted by atomic mass is 10.1. The summed E-state index contributed by atoms with van der Waals surface area (Å²) in [6.07, 6.45) is 4.67. The Morgan fingerprint density at radius 2 is 1.94 bits per heavy atom. The van der Waals surface area contributed by atoms with E-state index < -0.39 is 5.91 Å². The lowest BCUT2D eigenvalue weighted by molar-refractivity contribution is 0.0946. The number of aryl methyl sites for hydroxylation is 1. The maximum atomic E-state index is 13.1. The van der Waals surface area contributed by atoms with Gasteiger partial charge >= 0.3 is 0 Å². The Labute approximate surface area is 200 Å². The van der Waals surface area contributed by atoms with Crippen LogP contribution < -0.4 is 15.8 Å². The highest BCUT2D eigenvalue weighted by molar-refractivity contribution is 5.98. The number of methoxy groups -OCH3 is 1. The molecule has 0 bridgehead atoms. The molecular weight excluding hydrogens is 446 g/mol. The van der Waals surface area contributed by atoms with Crippen LogP contribution in [0.3, 0.4) is 0 Å². The smallest absolute Gasteiger partial charge is 0.274 e. The molecule has 0 atom stereocenters. The van der Waals surface area contributed by atoms with Crippen molar-refractivity contribution >= 4 is 22.6 Å². The van der Waals surface area contributed by atoms with Crippen molar-refractivity contribution in [3.05, 3.63) is 78.1 Å². The largest absolute Gasteiger partial charge is 0.481 e. The number of benzene rings is 1. The second kappa shape index (κ2) is 9.18. The van der Waals surface area contributed by atoms with E-state index in [4.69, 9.17) is 14.9 Å². The number of aromatic nitrogens is 5. The average Bonchev–Trinajstić information content (AvgIpc) is 3.42. The number of nitrogens with zero attached hydrogens (tertiary/aromatic N) is 5. The Balaban J connectivity index is 1.54. The fourth-order valence-electron chi connectivity index (χ4n) is 3.62. The maximum Gasteiger partial charge on any atom is 0.274 e. The molecule has 10 nitrogen and oxygen atoms in total. The molecule has 0 radical (unpaired) electrons. The van der Waals surface area contributed by atoms with Crippen LogP contribution in [0.25, 0.3) is 33.7 Å². The minimum atomic E-state index is -0.485. The highest BCUT2D eigenvalue weighted by atomic mass is 16.5. The molecule has 10 heteroatoms. The summed E-state index contributed by atoms with van der Waals surface area (Å²) >= 11 is 0. The van der Waals surface area contributed by atoms with Crippen molar-refractivity contribution in [1.82, 2.24) is 30.2 Å². The van der Waals surface area contributed by atoms with Crippen molar-refractivity contribution < 1.29 is 13.9 Å². The predicted octanol–water partition coefficient (Wildman–Crippen LogP) is 3.57. The van der Waals surface area contributed by atoms with E-state index in [2.05, 4.69) is 30.2 Å². The fourth-order valence-corrected chi connectivity index (χ4v) is 3.62. The highest BCUT2D eigenvalue weighted by Crippen LogP contribution is 2.31. The number of nitrogen functional groups attached to an aromatic ring is 1. The number of hydrogen-bond acceptors (Lipinski definition) is 9. The van der Waals surface area contributed by atoms with Gasteiger partial charge in [0.1, 0.15) is 12.0 Å². The van der Waals surface area contributed by atoms with E-state index in [-0.39, 0.29) is 23.9 Å². The van der Waals surface area contributed by atoms with Gasteiger partial charge in [-0.25, -0.2) is 19.9 Å². The summed E-state index contributed by atoms with van der Waals surface area (Å²) in [6, 6.07) is 13.1. The van der Waals surface area contributed by atoms with Crippen molar-refractivity contribution in [3.8, 4) is 28.7 Å². The van der Waals surface area contributed by atoms with E-state index in [1.165, 1.54) is 19.6 Å². The molecule has 0 fully saturated rings. The molecule has 1 aromatic carbocycles. The second-order valence-electron chi connectivity index (χ2n) is 7.70. The van der Waals surface area contributed by atoms with E-state index in [9.17, 15) is 4.79 Å². The van der Waals surface area contributed by atoms with Gasteiger partial charge in [-0.05, 0) is 30.7 Å². The number of ether oxygens (including phenoxy) is 1. The zero-order valence-electron chi connectivity index (χ0n) is 19.0. The van der Waals surface area contributed by atoms with Gasteiger partial charge in [0.2, 0.25) is 11.8 Å². The summed E-state index contributed by atoms with van der Waals surface area (Å²) in [6.45, 7) is 2.07. The monoisotopic (exact) mass is 467 g/mol. The quantitative estimate of drug-likeness (QED) is 0.383. The molecule has 5 aromatic rings. The van der Waals surface area contributed by atoms with Crippen molar-refractivity contribution in [1.29, 1.82) is 0 Å². The van der Waals surface area contributed by atoms with E-state index in [1.54, 1.807) is 12.3 Å². The van der Waals surface area contributed by atoms with Crippen LogP contribution >= 0.6 is 0 Å². The van der Waals surface area contributed by atoms with Gasteiger partial charge < -0.3 is 20.2 Å². The summed E-state index contributed by atoms with van der Waals surface area (Å²) < 4.78 is 10.6. The summed E-state index contributed by atoms with van der Waals surface area (Å²) in [5, 5.41) is 3.73. The Morgan fingerprint density at radius 3 is 2.74 bits per heavy atom. The van der Waals surface area contributed by atoms with Gasteiger partial charge in [-0.15, -0.1) is 0 Å². The maximum absolute atomic E-state index is 13.1. The molecule has 0 aliphatic rings. The lowest BCUT2D eigenvalue weighted by Crippen LogP contribution is -2.26. The van der Waals surface area contributed by atoms with Crippen LogP contribution in [0.15, 0.2) is 65.5 Å². The predicted molar refractivity (Wildman–Crippen MR) is 129 cm³/mol. The van der Waals surface area contributed by atoms with Gasteiger partial charge in [-0.1, -0.05) is 18.2 Å². The molecule has 174 valence electrons. The Hall–Kier alpha value is -4.86. The fraction of sp³-hybridized carbons (Fsp3) is 0.120. The molecule has 4 aromatic heterocycles. The van der Waals surface area contributed by atoms with E-state index >= 15 is 0 Å². The Kier molecular flexibility index (Phi) is 5.76. The van der Waals surface area contributed by atoms with Gasteiger partial charge in [-0.3, -0.25) is 9.78 Å². The standard InChI is InChI=1S/C25H21N7O3/c1-14-5-8-19(34-2)30-18(14)13-29-24(33)22-23(26)32-21(25-28-10-11-35-25)20(31-22)16-6-7-17-15(12-16)4-3-9-27-17/h3-12H,13H2,1-2H3,(H2,26,32)(H,29,33). The molecule has 4 heterocycles. The third-order valence-electron chi connectivity index (χ3n) is 5.45. The van der Waals surface area contributed by atoms with Crippen molar-refractivity contribution in [2.24, 2.45) is 0 Å². The van der Waals surface area contributed by atoms with Crippen molar-refractivity contribution in [2.45, 2.75) is 13.5 Å². The summed E-state index contributed by atoms with van der Waals surface area (Å²) in [7, 11) is 1.54. The SMILES string of the molecule is COc1ccc(C)c(CNC(=O)c2nc(-c3ccc4ncccc4c3)c(-c3ncco3)nc2N)n1.